The molecule has 0 aliphatic carbocycles. The largest absolute Gasteiger partial charge is 0.483 e. The first kappa shape index (κ1) is 18.7. The van der Waals surface area contributed by atoms with E-state index in [0.29, 0.717) is 27.1 Å². The number of nitrogens with zero attached hydrogens (tertiary/aromatic N) is 2. The van der Waals surface area contributed by atoms with Crippen LogP contribution in [-0.2, 0) is 9.59 Å². The van der Waals surface area contributed by atoms with Crippen molar-refractivity contribution in [1.29, 1.82) is 0 Å². The van der Waals surface area contributed by atoms with Gasteiger partial charge in [0.2, 0.25) is 0 Å². The number of likely N-dealkylation sites (N-methyl/N-ethyl adjacent to an activating group) is 1. The molecule has 138 valence electrons. The van der Waals surface area contributed by atoms with Gasteiger partial charge >= 0.3 is 0 Å². The van der Waals surface area contributed by atoms with E-state index in [1.165, 1.54) is 40.9 Å². The lowest BCUT2D eigenvalue weighted by Crippen LogP contribution is -2.23. The second-order valence-corrected chi connectivity index (χ2v) is 6.65. The molecule has 2 N–H and O–H groups in total. The third-order valence-electron chi connectivity index (χ3n) is 3.63. The minimum Gasteiger partial charge on any atom is -0.483 e. The summed E-state index contributed by atoms with van der Waals surface area (Å²) in [4.78, 5) is 29.7. The monoisotopic (exact) mass is 385 g/mol. The molecule has 0 radical (unpaired) electrons. The second kappa shape index (κ2) is 8.05. The lowest BCUT2D eigenvalue weighted by Gasteiger charge is -2.08. The molecule has 0 saturated carbocycles. The molecule has 0 spiro atoms. The van der Waals surface area contributed by atoms with Crippen LogP contribution in [0.1, 0.15) is 5.56 Å². The summed E-state index contributed by atoms with van der Waals surface area (Å²) in [6.45, 7) is -0.252. The van der Waals surface area contributed by atoms with Crippen molar-refractivity contribution in [3.8, 4) is 5.75 Å². The smallest absolute Gasteiger partial charge is 0.266 e. The summed E-state index contributed by atoms with van der Waals surface area (Å²) in [6.07, 6.45) is 1.67. The van der Waals surface area contributed by atoms with Crippen LogP contribution >= 0.6 is 11.8 Å². The maximum atomic E-state index is 13.0. The van der Waals surface area contributed by atoms with E-state index in [1.807, 2.05) is 0 Å². The van der Waals surface area contributed by atoms with Gasteiger partial charge in [-0.25, -0.2) is 9.38 Å². The number of amidine groups is 1. The molecule has 0 aromatic heterocycles. The van der Waals surface area contributed by atoms with Crippen LogP contribution in [0.5, 0.6) is 5.75 Å². The van der Waals surface area contributed by atoms with Gasteiger partial charge in [-0.05, 0) is 48.2 Å². The van der Waals surface area contributed by atoms with Crippen LogP contribution in [0.15, 0.2) is 58.4 Å². The van der Waals surface area contributed by atoms with Gasteiger partial charge in [0.25, 0.3) is 11.8 Å². The Bertz CT molecular complexity index is 941. The van der Waals surface area contributed by atoms with Crippen LogP contribution in [0.4, 0.5) is 10.1 Å². The second-order valence-electron chi connectivity index (χ2n) is 5.64. The summed E-state index contributed by atoms with van der Waals surface area (Å²) >= 11 is 1.20. The van der Waals surface area contributed by atoms with E-state index in [0.717, 1.165) is 0 Å². The Morgan fingerprint density at radius 3 is 2.67 bits per heavy atom. The fourth-order valence-corrected chi connectivity index (χ4v) is 3.28. The van der Waals surface area contributed by atoms with Gasteiger partial charge in [-0.2, -0.15) is 0 Å². The molecule has 1 saturated heterocycles. The van der Waals surface area contributed by atoms with Gasteiger partial charge in [-0.3, -0.25) is 14.5 Å². The molecule has 2 amide bonds. The van der Waals surface area contributed by atoms with Crippen LogP contribution in [-0.4, -0.2) is 35.5 Å². The van der Waals surface area contributed by atoms with E-state index in [2.05, 4.69) is 4.99 Å². The zero-order valence-corrected chi connectivity index (χ0v) is 15.2. The van der Waals surface area contributed by atoms with Crippen molar-refractivity contribution in [2.24, 2.45) is 10.7 Å². The van der Waals surface area contributed by atoms with Gasteiger partial charge in [0.15, 0.2) is 11.8 Å². The highest BCUT2D eigenvalue weighted by molar-refractivity contribution is 8.18. The van der Waals surface area contributed by atoms with Crippen LogP contribution < -0.4 is 10.5 Å². The van der Waals surface area contributed by atoms with Gasteiger partial charge in [0.1, 0.15) is 11.6 Å². The van der Waals surface area contributed by atoms with Gasteiger partial charge in [0.05, 0.1) is 10.6 Å². The van der Waals surface area contributed by atoms with E-state index >= 15 is 0 Å². The van der Waals surface area contributed by atoms with E-state index in [-0.39, 0.29) is 18.3 Å². The van der Waals surface area contributed by atoms with Crippen molar-refractivity contribution >= 4 is 40.5 Å². The summed E-state index contributed by atoms with van der Waals surface area (Å²) in [5, 5.41) is 0.480. The quantitative estimate of drug-likeness (QED) is 0.802. The number of carbonyl (C=O) groups is 2. The number of primary amides is 1. The minimum atomic E-state index is -0.586. The highest BCUT2D eigenvalue weighted by atomic mass is 32.2. The lowest BCUT2D eigenvalue weighted by atomic mass is 10.2. The van der Waals surface area contributed by atoms with Gasteiger partial charge < -0.3 is 10.5 Å². The van der Waals surface area contributed by atoms with Crippen molar-refractivity contribution in [3.05, 3.63) is 64.8 Å². The normalized spacial score (nSPS) is 17.0. The molecule has 1 aliphatic rings. The highest BCUT2D eigenvalue weighted by Crippen LogP contribution is 2.34. The number of amides is 2. The Morgan fingerprint density at radius 2 is 1.96 bits per heavy atom. The molecule has 6 nitrogen and oxygen atoms in total. The summed E-state index contributed by atoms with van der Waals surface area (Å²) in [6, 6.07) is 12.7. The molecule has 27 heavy (non-hydrogen) atoms. The Morgan fingerprint density at radius 1 is 1.26 bits per heavy atom. The van der Waals surface area contributed by atoms with E-state index in [9.17, 15) is 14.0 Å². The minimum absolute atomic E-state index is 0.217. The molecule has 2 aromatic rings. The van der Waals surface area contributed by atoms with E-state index in [4.69, 9.17) is 10.5 Å². The van der Waals surface area contributed by atoms with E-state index < -0.39 is 5.91 Å². The van der Waals surface area contributed by atoms with Crippen LogP contribution in [0.25, 0.3) is 6.08 Å². The first-order chi connectivity index (χ1) is 12.9. The summed E-state index contributed by atoms with van der Waals surface area (Å²) in [7, 11) is 1.62. The van der Waals surface area contributed by atoms with Crippen molar-refractivity contribution in [2.75, 3.05) is 13.7 Å². The number of halogens is 1. The zero-order valence-electron chi connectivity index (χ0n) is 14.4. The molecular weight excluding hydrogens is 369 g/mol. The number of benzene rings is 2. The fourth-order valence-electron chi connectivity index (χ4n) is 2.30. The van der Waals surface area contributed by atoms with Gasteiger partial charge in [-0.15, -0.1) is 0 Å². The number of nitrogens with two attached hydrogens (primary N) is 1. The van der Waals surface area contributed by atoms with Gasteiger partial charge in [-0.1, -0.05) is 18.2 Å². The number of aliphatic imine (C=N–C) groups is 1. The standard InChI is InChI=1S/C19H16FN3O3S/c1-23-18(25)16(27-19(23)22-14-8-6-13(20)7-9-14)10-12-4-2-3-5-15(12)26-11-17(21)24/h2-10H,11H2,1H3,(H2,21,24)/b16-10+,22-19?. The van der Waals surface area contributed by atoms with Crippen molar-refractivity contribution in [1.82, 2.24) is 4.90 Å². The molecule has 1 heterocycles. The Hall–Kier alpha value is -3.13. The first-order valence-corrected chi connectivity index (χ1v) is 8.77. The molecule has 1 fully saturated rings. The molecule has 0 atom stereocenters. The molecule has 8 heteroatoms. The zero-order chi connectivity index (χ0) is 19.4. The molecule has 2 aromatic carbocycles. The van der Waals surface area contributed by atoms with Crippen LogP contribution in [0, 0.1) is 5.82 Å². The Kier molecular flexibility index (Phi) is 5.56. The number of hydrogen-bond acceptors (Lipinski definition) is 5. The lowest BCUT2D eigenvalue weighted by molar-refractivity contribution is -0.121. The number of ether oxygens (including phenoxy) is 1. The number of thioether (sulfide) groups is 1. The average Bonchev–Trinajstić information content (AvgIpc) is 2.91. The van der Waals surface area contributed by atoms with Crippen LogP contribution in [0.2, 0.25) is 0 Å². The Balaban J connectivity index is 1.87. The predicted molar refractivity (Wildman–Crippen MR) is 103 cm³/mol. The number of hydrogen-bond donors (Lipinski definition) is 1. The molecule has 3 rings (SSSR count). The molecule has 1 aliphatic heterocycles. The first-order valence-electron chi connectivity index (χ1n) is 7.96. The highest BCUT2D eigenvalue weighted by Gasteiger charge is 2.30. The summed E-state index contributed by atoms with van der Waals surface area (Å²) < 4.78 is 18.4. The van der Waals surface area contributed by atoms with Crippen molar-refractivity contribution < 1.29 is 18.7 Å². The summed E-state index contributed by atoms with van der Waals surface area (Å²) in [5.41, 5.74) is 6.30. The maximum Gasteiger partial charge on any atom is 0.266 e. The Labute approximate surface area is 159 Å². The van der Waals surface area contributed by atoms with Gasteiger partial charge in [0, 0.05) is 12.6 Å². The molecular formula is C19H16FN3O3S. The molecule has 0 unspecified atom stereocenters. The number of carbonyl (C=O) groups excluding carboxylic acids is 2. The fraction of sp³-hybridized carbons (Fsp3) is 0.105. The average molecular weight is 385 g/mol. The third kappa shape index (κ3) is 4.53. The topological polar surface area (TPSA) is 85.0 Å². The van der Waals surface area contributed by atoms with Crippen molar-refractivity contribution in [2.45, 2.75) is 0 Å². The number of rotatable bonds is 5. The maximum absolute atomic E-state index is 13.0. The summed E-state index contributed by atoms with van der Waals surface area (Å²) in [5.74, 6) is -0.706. The number of para-hydroxylation sites is 1. The van der Waals surface area contributed by atoms with Crippen LogP contribution in [0.3, 0.4) is 0 Å². The third-order valence-corrected chi connectivity index (χ3v) is 4.69. The predicted octanol–water partition coefficient (Wildman–Crippen LogP) is 2.92. The van der Waals surface area contributed by atoms with Crippen molar-refractivity contribution in [3.63, 3.8) is 0 Å². The molecule has 0 bridgehead atoms. The SMILES string of the molecule is CN1C(=O)/C(=C\c2ccccc2OCC(N)=O)SC1=Nc1ccc(F)cc1. The van der Waals surface area contributed by atoms with E-state index in [1.54, 1.807) is 37.4 Å².